The molecule has 3 aliphatic rings. The van der Waals surface area contributed by atoms with Gasteiger partial charge in [-0.3, -0.25) is 9.59 Å². The van der Waals surface area contributed by atoms with Crippen LogP contribution >= 0.6 is 11.8 Å². The maximum absolute atomic E-state index is 12.8. The summed E-state index contributed by atoms with van der Waals surface area (Å²) >= 11 is 1.46. The minimum Gasteiger partial charge on any atom is -0.497 e. The Kier molecular flexibility index (Phi) is 6.46. The molecule has 0 saturated heterocycles. The molecular formula is C25H28N2O3S. The van der Waals surface area contributed by atoms with Gasteiger partial charge in [0, 0.05) is 11.6 Å². The number of hydrogen-bond acceptors (Lipinski definition) is 4. The van der Waals surface area contributed by atoms with Crippen LogP contribution in [0.5, 0.6) is 5.75 Å². The minimum atomic E-state index is -0.270. The fraction of sp³-hybridized carbons (Fsp3) is 0.400. The SMILES string of the molecule is COc1ccc(/C=C2/SC3C=CC(C(=O)NC4CCCC(C)C4C)=CC3=NC2=O)cc1. The van der Waals surface area contributed by atoms with E-state index in [1.165, 1.54) is 18.2 Å². The van der Waals surface area contributed by atoms with Crippen LogP contribution in [-0.4, -0.2) is 35.9 Å². The zero-order chi connectivity index (χ0) is 22.0. The molecular weight excluding hydrogens is 408 g/mol. The van der Waals surface area contributed by atoms with E-state index in [4.69, 9.17) is 4.74 Å². The van der Waals surface area contributed by atoms with E-state index < -0.39 is 0 Å². The molecule has 1 N–H and O–H groups in total. The standard InChI is InChI=1S/C25H28N2O3S/c1-15-5-4-6-20(16(15)2)26-24(28)18-9-12-22-21(14-18)27-25(29)23(31-22)13-17-7-10-19(30-3)11-8-17/h7-16,20,22H,4-6H2,1-3H3,(H,26,28)/b23-13+. The first-order chi connectivity index (χ1) is 14.9. The van der Waals surface area contributed by atoms with Gasteiger partial charge < -0.3 is 10.1 Å². The molecule has 31 heavy (non-hydrogen) atoms. The van der Waals surface area contributed by atoms with Crippen LogP contribution in [0.3, 0.4) is 0 Å². The highest BCUT2D eigenvalue weighted by Gasteiger charge is 2.31. The number of carbonyl (C=O) groups is 2. The number of hydrogen-bond donors (Lipinski definition) is 1. The summed E-state index contributed by atoms with van der Waals surface area (Å²) in [7, 11) is 1.62. The second-order valence-electron chi connectivity index (χ2n) is 8.47. The van der Waals surface area contributed by atoms with E-state index in [0.29, 0.717) is 28.0 Å². The van der Waals surface area contributed by atoms with Gasteiger partial charge >= 0.3 is 0 Å². The number of carbonyl (C=O) groups excluding carboxylic acids is 2. The molecule has 4 unspecified atom stereocenters. The number of aliphatic imine (C=N–C) groups is 1. The van der Waals surface area contributed by atoms with Crippen molar-refractivity contribution in [2.45, 2.75) is 44.4 Å². The maximum atomic E-state index is 12.8. The van der Waals surface area contributed by atoms with Gasteiger partial charge in [0.05, 0.1) is 23.0 Å². The maximum Gasteiger partial charge on any atom is 0.283 e. The van der Waals surface area contributed by atoms with E-state index in [9.17, 15) is 9.59 Å². The number of amides is 2. The third kappa shape index (κ3) is 4.85. The molecule has 4 rings (SSSR count). The number of allylic oxidation sites excluding steroid dienone is 1. The normalized spacial score (nSPS) is 29.1. The highest BCUT2D eigenvalue weighted by molar-refractivity contribution is 8.05. The van der Waals surface area contributed by atoms with Crippen LogP contribution in [0.15, 0.2) is 58.0 Å². The van der Waals surface area contributed by atoms with Crippen LogP contribution in [0.2, 0.25) is 0 Å². The van der Waals surface area contributed by atoms with E-state index >= 15 is 0 Å². The Balaban J connectivity index is 1.47. The van der Waals surface area contributed by atoms with E-state index in [-0.39, 0.29) is 23.1 Å². The predicted molar refractivity (Wildman–Crippen MR) is 126 cm³/mol. The van der Waals surface area contributed by atoms with Crippen molar-refractivity contribution in [3.8, 4) is 5.75 Å². The molecule has 1 aromatic carbocycles. The van der Waals surface area contributed by atoms with Crippen LogP contribution in [0.1, 0.15) is 38.7 Å². The Morgan fingerprint density at radius 3 is 2.74 bits per heavy atom. The summed E-state index contributed by atoms with van der Waals surface area (Å²) in [5, 5.41) is 3.14. The molecule has 2 aliphatic carbocycles. The lowest BCUT2D eigenvalue weighted by Gasteiger charge is -2.34. The molecule has 1 fully saturated rings. The number of ether oxygens (including phenoxy) is 1. The number of nitrogens with zero attached hydrogens (tertiary/aromatic N) is 1. The Labute approximate surface area is 187 Å². The number of thioether (sulfide) groups is 1. The highest BCUT2D eigenvalue weighted by Crippen LogP contribution is 2.34. The molecule has 1 aliphatic heterocycles. The van der Waals surface area contributed by atoms with E-state index in [1.807, 2.05) is 42.5 Å². The highest BCUT2D eigenvalue weighted by atomic mass is 32.2. The number of methoxy groups -OCH3 is 1. The number of rotatable bonds is 4. The van der Waals surface area contributed by atoms with Gasteiger partial charge in [0.25, 0.3) is 11.8 Å². The monoisotopic (exact) mass is 436 g/mol. The lowest BCUT2D eigenvalue weighted by atomic mass is 9.78. The summed E-state index contributed by atoms with van der Waals surface area (Å²) in [4.78, 5) is 30.3. The summed E-state index contributed by atoms with van der Waals surface area (Å²) in [5.41, 5.74) is 2.12. The Hall–Kier alpha value is -2.60. The van der Waals surface area contributed by atoms with Crippen molar-refractivity contribution in [1.82, 2.24) is 5.32 Å². The predicted octanol–water partition coefficient (Wildman–Crippen LogP) is 4.56. The molecule has 0 spiro atoms. The van der Waals surface area contributed by atoms with Gasteiger partial charge in [-0.25, -0.2) is 4.99 Å². The minimum absolute atomic E-state index is 0.0626. The van der Waals surface area contributed by atoms with Crippen LogP contribution in [0.25, 0.3) is 6.08 Å². The van der Waals surface area contributed by atoms with Gasteiger partial charge in [0.2, 0.25) is 0 Å². The van der Waals surface area contributed by atoms with E-state index in [0.717, 1.165) is 24.2 Å². The molecule has 4 atom stereocenters. The summed E-state index contributed by atoms with van der Waals surface area (Å²) in [6.45, 7) is 4.47. The first-order valence-corrected chi connectivity index (χ1v) is 11.7. The Morgan fingerprint density at radius 1 is 1.23 bits per heavy atom. The van der Waals surface area contributed by atoms with Crippen molar-refractivity contribution in [2.24, 2.45) is 16.8 Å². The smallest absolute Gasteiger partial charge is 0.283 e. The average molecular weight is 437 g/mol. The molecule has 1 aromatic rings. The lowest BCUT2D eigenvalue weighted by Crippen LogP contribution is -2.44. The second kappa shape index (κ2) is 9.27. The van der Waals surface area contributed by atoms with E-state index in [1.54, 1.807) is 13.2 Å². The van der Waals surface area contributed by atoms with E-state index in [2.05, 4.69) is 24.2 Å². The number of benzene rings is 1. The second-order valence-corrected chi connectivity index (χ2v) is 9.65. The summed E-state index contributed by atoms with van der Waals surface area (Å²) < 4.78 is 5.18. The first-order valence-electron chi connectivity index (χ1n) is 10.8. The van der Waals surface area contributed by atoms with Gasteiger partial charge in [0.15, 0.2) is 0 Å². The Morgan fingerprint density at radius 2 is 2.00 bits per heavy atom. The van der Waals surface area contributed by atoms with Crippen LogP contribution in [0, 0.1) is 11.8 Å². The van der Waals surface area contributed by atoms with Crippen molar-refractivity contribution >= 4 is 35.4 Å². The average Bonchev–Trinajstić information content (AvgIpc) is 2.77. The fourth-order valence-corrected chi connectivity index (χ4v) is 5.28. The molecule has 5 nitrogen and oxygen atoms in total. The molecule has 6 heteroatoms. The van der Waals surface area contributed by atoms with Crippen molar-refractivity contribution in [2.75, 3.05) is 7.11 Å². The molecule has 162 valence electrons. The zero-order valence-electron chi connectivity index (χ0n) is 18.1. The molecule has 0 bridgehead atoms. The topological polar surface area (TPSA) is 67.8 Å². The van der Waals surface area contributed by atoms with Crippen molar-refractivity contribution in [3.05, 3.63) is 58.5 Å². The van der Waals surface area contributed by atoms with Gasteiger partial charge in [-0.05, 0) is 48.1 Å². The van der Waals surface area contributed by atoms with Gasteiger partial charge in [0.1, 0.15) is 5.75 Å². The lowest BCUT2D eigenvalue weighted by molar-refractivity contribution is -0.118. The van der Waals surface area contributed by atoms with Crippen molar-refractivity contribution in [1.29, 1.82) is 0 Å². The van der Waals surface area contributed by atoms with Crippen LogP contribution in [0.4, 0.5) is 0 Å². The quantitative estimate of drug-likeness (QED) is 0.703. The van der Waals surface area contributed by atoms with Crippen LogP contribution < -0.4 is 10.1 Å². The van der Waals surface area contributed by atoms with Gasteiger partial charge in [-0.2, -0.15) is 0 Å². The third-order valence-corrected chi connectivity index (χ3v) is 7.64. The summed E-state index contributed by atoms with van der Waals surface area (Å²) in [6.07, 6.45) is 10.8. The molecule has 1 heterocycles. The zero-order valence-corrected chi connectivity index (χ0v) is 18.9. The summed E-state index contributed by atoms with van der Waals surface area (Å²) in [5.74, 6) is 1.50. The van der Waals surface area contributed by atoms with Crippen molar-refractivity contribution < 1.29 is 14.3 Å². The third-order valence-electron chi connectivity index (χ3n) is 6.44. The molecule has 2 amide bonds. The van der Waals surface area contributed by atoms with Gasteiger partial charge in [-0.1, -0.05) is 51.0 Å². The summed E-state index contributed by atoms with van der Waals surface area (Å²) in [6, 6.07) is 7.74. The number of fused-ring (bicyclic) bond motifs is 1. The molecule has 1 saturated carbocycles. The largest absolute Gasteiger partial charge is 0.497 e. The van der Waals surface area contributed by atoms with Crippen LogP contribution in [-0.2, 0) is 9.59 Å². The molecule has 0 radical (unpaired) electrons. The Bertz CT molecular complexity index is 991. The van der Waals surface area contributed by atoms with Crippen molar-refractivity contribution in [3.63, 3.8) is 0 Å². The fourth-order valence-electron chi connectivity index (χ4n) is 4.26. The molecule has 0 aromatic heterocycles. The first kappa shape index (κ1) is 21.6. The number of nitrogens with one attached hydrogen (secondary N) is 1. The van der Waals surface area contributed by atoms with Gasteiger partial charge in [-0.15, -0.1) is 11.8 Å².